The average Bonchev–Trinajstić information content (AvgIpc) is 2.91. The van der Waals surface area contributed by atoms with Gasteiger partial charge in [0, 0.05) is 31.6 Å². The molecule has 36 heavy (non-hydrogen) atoms. The van der Waals surface area contributed by atoms with Crippen molar-refractivity contribution in [2.45, 2.75) is 19.4 Å². The normalized spacial score (nSPS) is 10.8. The molecular formula is C30H30N2O4. The van der Waals surface area contributed by atoms with Crippen LogP contribution in [-0.2, 0) is 24.2 Å². The second-order valence-corrected chi connectivity index (χ2v) is 8.82. The molecule has 0 spiro atoms. The SMILES string of the molecule is CN(O)C(=O)c1cc(CC(=O)N(C)CCc2ccccc2)c2cccc(OCc3ccccc3)c2c1. The number of ether oxygens (including phenoxy) is 1. The van der Waals surface area contributed by atoms with E-state index in [0.29, 0.717) is 29.5 Å². The van der Waals surface area contributed by atoms with E-state index in [1.807, 2.05) is 78.9 Å². The highest BCUT2D eigenvalue weighted by molar-refractivity contribution is 6.02. The predicted octanol–water partition coefficient (Wildman–Crippen LogP) is 5.12. The lowest BCUT2D eigenvalue weighted by Gasteiger charge is -2.19. The largest absolute Gasteiger partial charge is 0.488 e. The van der Waals surface area contributed by atoms with Gasteiger partial charge in [-0.2, -0.15) is 0 Å². The summed E-state index contributed by atoms with van der Waals surface area (Å²) in [4.78, 5) is 27.5. The van der Waals surface area contributed by atoms with Gasteiger partial charge in [0.1, 0.15) is 12.4 Å². The van der Waals surface area contributed by atoms with Gasteiger partial charge in [-0.3, -0.25) is 14.8 Å². The van der Waals surface area contributed by atoms with E-state index >= 15 is 0 Å². The molecule has 0 aliphatic heterocycles. The van der Waals surface area contributed by atoms with Crippen molar-refractivity contribution in [2.24, 2.45) is 0 Å². The van der Waals surface area contributed by atoms with Crippen molar-refractivity contribution < 1.29 is 19.5 Å². The van der Waals surface area contributed by atoms with E-state index in [-0.39, 0.29) is 17.9 Å². The topological polar surface area (TPSA) is 70.1 Å². The summed E-state index contributed by atoms with van der Waals surface area (Å²) >= 11 is 0. The fourth-order valence-corrected chi connectivity index (χ4v) is 4.12. The molecule has 0 bridgehead atoms. The van der Waals surface area contributed by atoms with Crippen molar-refractivity contribution in [3.05, 3.63) is 113 Å². The first-order valence-corrected chi connectivity index (χ1v) is 11.9. The molecule has 4 rings (SSSR count). The van der Waals surface area contributed by atoms with E-state index in [0.717, 1.165) is 22.8 Å². The van der Waals surface area contributed by atoms with Gasteiger partial charge >= 0.3 is 0 Å². The van der Waals surface area contributed by atoms with E-state index < -0.39 is 5.91 Å². The molecule has 184 valence electrons. The molecule has 0 radical (unpaired) electrons. The van der Waals surface area contributed by atoms with Crippen LogP contribution >= 0.6 is 0 Å². The number of rotatable bonds is 9. The van der Waals surface area contributed by atoms with E-state index in [4.69, 9.17) is 4.74 Å². The molecule has 0 aromatic heterocycles. The number of benzene rings is 4. The molecular weight excluding hydrogens is 452 g/mol. The van der Waals surface area contributed by atoms with Crippen LogP contribution in [0.25, 0.3) is 10.8 Å². The minimum atomic E-state index is -0.555. The number of hydroxylamine groups is 2. The summed E-state index contributed by atoms with van der Waals surface area (Å²) < 4.78 is 6.11. The molecule has 0 aliphatic carbocycles. The highest BCUT2D eigenvalue weighted by atomic mass is 16.5. The number of hydrogen-bond acceptors (Lipinski definition) is 4. The summed E-state index contributed by atoms with van der Waals surface area (Å²) in [6.07, 6.45) is 0.884. The zero-order valence-electron chi connectivity index (χ0n) is 20.6. The lowest BCUT2D eigenvalue weighted by molar-refractivity contribution is -0.129. The fourth-order valence-electron chi connectivity index (χ4n) is 4.12. The Labute approximate surface area is 211 Å². The van der Waals surface area contributed by atoms with Crippen LogP contribution in [-0.4, -0.2) is 47.6 Å². The number of carbonyl (C=O) groups excluding carboxylic acids is 2. The maximum atomic E-state index is 13.1. The molecule has 4 aromatic rings. The minimum Gasteiger partial charge on any atom is -0.488 e. The Morgan fingerprint density at radius 1 is 0.806 bits per heavy atom. The number of fused-ring (bicyclic) bond motifs is 1. The van der Waals surface area contributed by atoms with Crippen LogP contribution in [0.3, 0.4) is 0 Å². The number of nitrogens with zero attached hydrogens (tertiary/aromatic N) is 2. The Bertz CT molecular complexity index is 1340. The van der Waals surface area contributed by atoms with Crippen molar-refractivity contribution in [1.29, 1.82) is 0 Å². The monoisotopic (exact) mass is 482 g/mol. The molecule has 0 aliphatic rings. The lowest BCUT2D eigenvalue weighted by Crippen LogP contribution is -2.30. The first-order valence-electron chi connectivity index (χ1n) is 11.9. The van der Waals surface area contributed by atoms with Crippen molar-refractivity contribution in [2.75, 3.05) is 20.6 Å². The minimum absolute atomic E-state index is 0.0511. The van der Waals surface area contributed by atoms with Crippen molar-refractivity contribution in [3.63, 3.8) is 0 Å². The van der Waals surface area contributed by atoms with Gasteiger partial charge in [0.2, 0.25) is 5.91 Å². The fraction of sp³-hybridized carbons (Fsp3) is 0.200. The zero-order chi connectivity index (χ0) is 25.5. The van der Waals surface area contributed by atoms with Crippen LogP contribution in [0, 0.1) is 0 Å². The Hall–Kier alpha value is -4.16. The summed E-state index contributed by atoms with van der Waals surface area (Å²) in [7, 11) is 3.07. The van der Waals surface area contributed by atoms with Gasteiger partial charge in [-0.1, -0.05) is 72.8 Å². The molecule has 6 nitrogen and oxygen atoms in total. The Kier molecular flexibility index (Phi) is 7.98. The average molecular weight is 483 g/mol. The van der Waals surface area contributed by atoms with Gasteiger partial charge in [0.25, 0.3) is 5.91 Å². The summed E-state index contributed by atoms with van der Waals surface area (Å²) in [5.41, 5.74) is 3.19. The van der Waals surface area contributed by atoms with E-state index in [9.17, 15) is 14.8 Å². The third-order valence-corrected chi connectivity index (χ3v) is 6.17. The van der Waals surface area contributed by atoms with Gasteiger partial charge in [-0.25, -0.2) is 5.06 Å². The molecule has 0 unspecified atom stereocenters. The zero-order valence-corrected chi connectivity index (χ0v) is 20.6. The summed E-state index contributed by atoms with van der Waals surface area (Å²) in [5.74, 6) is 0.00316. The summed E-state index contributed by atoms with van der Waals surface area (Å²) in [5, 5.41) is 11.9. The molecule has 4 aromatic carbocycles. The second-order valence-electron chi connectivity index (χ2n) is 8.82. The van der Waals surface area contributed by atoms with Crippen LogP contribution in [0.5, 0.6) is 5.75 Å². The standard InChI is InChI=1S/C30H30N2O4/c1-31(17-16-22-10-5-3-6-11-22)29(33)20-24-18-25(30(34)32(2)35)19-27-26(24)14-9-15-28(27)36-21-23-12-7-4-8-13-23/h3-15,18-19,35H,16-17,20-21H2,1-2H3. The van der Waals surface area contributed by atoms with Crippen LogP contribution in [0.15, 0.2) is 91.0 Å². The first-order chi connectivity index (χ1) is 17.4. The van der Waals surface area contributed by atoms with Crippen molar-refractivity contribution >= 4 is 22.6 Å². The number of likely N-dealkylation sites (N-methyl/N-ethyl adjacent to an activating group) is 1. The molecule has 0 fully saturated rings. The molecule has 6 heteroatoms. The first kappa shape index (κ1) is 24.9. The van der Waals surface area contributed by atoms with Crippen molar-refractivity contribution in [1.82, 2.24) is 9.96 Å². The van der Waals surface area contributed by atoms with Crippen LogP contribution in [0.4, 0.5) is 0 Å². The van der Waals surface area contributed by atoms with Crippen molar-refractivity contribution in [3.8, 4) is 5.75 Å². The number of carbonyl (C=O) groups is 2. The number of hydrogen-bond donors (Lipinski definition) is 1. The van der Waals surface area contributed by atoms with Gasteiger partial charge < -0.3 is 9.64 Å². The van der Waals surface area contributed by atoms with Gasteiger partial charge in [-0.15, -0.1) is 0 Å². The molecule has 0 atom stereocenters. The lowest BCUT2D eigenvalue weighted by atomic mass is 9.97. The van der Waals surface area contributed by atoms with E-state index in [2.05, 4.69) is 0 Å². The number of amides is 2. The van der Waals surface area contributed by atoms with E-state index in [1.54, 1.807) is 24.1 Å². The van der Waals surface area contributed by atoms with Gasteiger partial charge in [0.05, 0.1) is 6.42 Å². The highest BCUT2D eigenvalue weighted by Gasteiger charge is 2.18. The Morgan fingerprint density at radius 2 is 1.47 bits per heavy atom. The molecule has 2 amide bonds. The Balaban J connectivity index is 1.61. The van der Waals surface area contributed by atoms with Crippen LogP contribution < -0.4 is 4.74 Å². The quantitative estimate of drug-likeness (QED) is 0.265. The molecule has 0 saturated heterocycles. The maximum absolute atomic E-state index is 13.1. The van der Waals surface area contributed by atoms with Gasteiger partial charge in [-0.05, 0) is 46.7 Å². The molecule has 0 heterocycles. The third kappa shape index (κ3) is 6.09. The smallest absolute Gasteiger partial charge is 0.276 e. The maximum Gasteiger partial charge on any atom is 0.276 e. The van der Waals surface area contributed by atoms with Crippen LogP contribution in [0.1, 0.15) is 27.0 Å². The second kappa shape index (κ2) is 11.5. The molecule has 0 saturated carbocycles. The van der Waals surface area contributed by atoms with Gasteiger partial charge in [0.15, 0.2) is 0 Å². The third-order valence-electron chi connectivity index (χ3n) is 6.17. The highest BCUT2D eigenvalue weighted by Crippen LogP contribution is 2.31. The molecule has 1 N–H and O–H groups in total. The van der Waals surface area contributed by atoms with Crippen LogP contribution in [0.2, 0.25) is 0 Å². The van der Waals surface area contributed by atoms with E-state index in [1.165, 1.54) is 12.6 Å². The summed E-state index contributed by atoms with van der Waals surface area (Å²) in [6, 6.07) is 28.9. The Morgan fingerprint density at radius 3 is 2.14 bits per heavy atom. The summed E-state index contributed by atoms with van der Waals surface area (Å²) in [6.45, 7) is 0.957. The predicted molar refractivity (Wildman–Crippen MR) is 140 cm³/mol.